The molecule has 0 saturated carbocycles. The smallest absolute Gasteiger partial charge is 0.190 e. The highest BCUT2D eigenvalue weighted by Crippen LogP contribution is 2.21. The summed E-state index contributed by atoms with van der Waals surface area (Å²) in [5, 5.41) is 0. The molecule has 0 fully saturated rings. The standard InChI is InChI=1S/C9H12O3S/c1-7(2)12-8-5-3-4-6-9(8)13(10)11/h3-7H,1-2H3,(H,10,11). The second-order valence-electron chi connectivity index (χ2n) is 2.86. The number of ether oxygens (including phenoxy) is 1. The van der Waals surface area contributed by atoms with Gasteiger partial charge in [-0.25, -0.2) is 4.21 Å². The van der Waals surface area contributed by atoms with E-state index in [4.69, 9.17) is 9.29 Å². The Kier molecular flexibility index (Phi) is 3.45. The van der Waals surface area contributed by atoms with Crippen LogP contribution in [0.5, 0.6) is 5.75 Å². The lowest BCUT2D eigenvalue weighted by atomic mass is 10.3. The van der Waals surface area contributed by atoms with Gasteiger partial charge in [-0.2, -0.15) is 0 Å². The van der Waals surface area contributed by atoms with Crippen molar-refractivity contribution in [3.05, 3.63) is 24.3 Å². The average Bonchev–Trinajstić information content (AvgIpc) is 2.03. The van der Waals surface area contributed by atoms with Crippen LogP contribution in [-0.4, -0.2) is 14.9 Å². The van der Waals surface area contributed by atoms with Crippen molar-refractivity contribution >= 4 is 11.1 Å². The van der Waals surface area contributed by atoms with Gasteiger partial charge < -0.3 is 9.29 Å². The Labute approximate surface area is 80.0 Å². The number of hydrogen-bond donors (Lipinski definition) is 1. The topological polar surface area (TPSA) is 46.5 Å². The third kappa shape index (κ3) is 2.82. The van der Waals surface area contributed by atoms with Crippen molar-refractivity contribution in [2.45, 2.75) is 24.8 Å². The van der Waals surface area contributed by atoms with Gasteiger partial charge in [0.15, 0.2) is 11.1 Å². The Bertz CT molecular complexity index is 309. The molecule has 1 aromatic rings. The van der Waals surface area contributed by atoms with Crippen LogP contribution in [0.1, 0.15) is 13.8 Å². The first kappa shape index (κ1) is 10.2. The lowest BCUT2D eigenvalue weighted by Crippen LogP contribution is -2.07. The molecule has 4 heteroatoms. The largest absolute Gasteiger partial charge is 0.490 e. The van der Waals surface area contributed by atoms with Crippen LogP contribution in [-0.2, 0) is 11.1 Å². The Morgan fingerprint density at radius 3 is 2.54 bits per heavy atom. The quantitative estimate of drug-likeness (QED) is 0.759. The normalized spacial score (nSPS) is 12.9. The van der Waals surface area contributed by atoms with Crippen molar-refractivity contribution in [2.75, 3.05) is 0 Å². The second-order valence-corrected chi connectivity index (χ2v) is 3.80. The van der Waals surface area contributed by atoms with Crippen LogP contribution in [0.25, 0.3) is 0 Å². The van der Waals surface area contributed by atoms with Crippen LogP contribution >= 0.6 is 0 Å². The monoisotopic (exact) mass is 200 g/mol. The summed E-state index contributed by atoms with van der Waals surface area (Å²) < 4.78 is 25.1. The van der Waals surface area contributed by atoms with Crippen molar-refractivity contribution < 1.29 is 13.5 Å². The zero-order chi connectivity index (χ0) is 9.84. The minimum absolute atomic E-state index is 0.00435. The Balaban J connectivity index is 2.98. The molecule has 13 heavy (non-hydrogen) atoms. The summed E-state index contributed by atoms with van der Waals surface area (Å²) >= 11 is -1.98. The molecule has 1 unspecified atom stereocenters. The highest BCUT2D eigenvalue weighted by molar-refractivity contribution is 7.79. The number of rotatable bonds is 3. The minimum atomic E-state index is -1.98. The molecule has 0 spiro atoms. The third-order valence-corrected chi connectivity index (χ3v) is 2.11. The van der Waals surface area contributed by atoms with E-state index in [9.17, 15) is 4.21 Å². The lowest BCUT2D eigenvalue weighted by molar-refractivity contribution is 0.236. The van der Waals surface area contributed by atoms with Crippen LogP contribution in [0.3, 0.4) is 0 Å². The molecular weight excluding hydrogens is 188 g/mol. The summed E-state index contributed by atoms with van der Waals surface area (Å²) in [6.45, 7) is 3.74. The first-order valence-electron chi connectivity index (χ1n) is 3.98. The predicted octanol–water partition coefficient (Wildman–Crippen LogP) is 2.05. The molecule has 0 aromatic heterocycles. The summed E-state index contributed by atoms with van der Waals surface area (Å²) in [4.78, 5) is 0.316. The van der Waals surface area contributed by atoms with Gasteiger partial charge in [-0.3, -0.25) is 0 Å². The van der Waals surface area contributed by atoms with Crippen molar-refractivity contribution in [2.24, 2.45) is 0 Å². The molecule has 0 amide bonds. The van der Waals surface area contributed by atoms with Crippen LogP contribution in [0.15, 0.2) is 29.2 Å². The minimum Gasteiger partial charge on any atom is -0.490 e. The van der Waals surface area contributed by atoms with E-state index < -0.39 is 11.1 Å². The molecule has 0 bridgehead atoms. The molecule has 0 radical (unpaired) electrons. The average molecular weight is 200 g/mol. The fourth-order valence-corrected chi connectivity index (χ4v) is 1.43. The number of hydrogen-bond acceptors (Lipinski definition) is 2. The van der Waals surface area contributed by atoms with Crippen LogP contribution in [0, 0.1) is 0 Å². The molecule has 0 aliphatic rings. The van der Waals surface area contributed by atoms with Crippen LogP contribution in [0.4, 0.5) is 0 Å². The Morgan fingerprint density at radius 1 is 1.38 bits per heavy atom. The Hall–Kier alpha value is -0.870. The molecule has 0 aliphatic heterocycles. The Morgan fingerprint density at radius 2 is 2.00 bits per heavy atom. The van der Waals surface area contributed by atoms with E-state index in [1.165, 1.54) is 0 Å². The highest BCUT2D eigenvalue weighted by atomic mass is 32.2. The fourth-order valence-electron chi connectivity index (χ4n) is 0.946. The van der Waals surface area contributed by atoms with Gasteiger partial charge in [0.1, 0.15) is 10.6 Å². The molecule has 1 aromatic carbocycles. The summed E-state index contributed by atoms with van der Waals surface area (Å²) in [6, 6.07) is 6.74. The maximum Gasteiger partial charge on any atom is 0.190 e. The first-order valence-corrected chi connectivity index (χ1v) is 5.08. The molecule has 1 atom stereocenters. The van der Waals surface area contributed by atoms with E-state index in [1.807, 2.05) is 13.8 Å². The molecule has 3 nitrogen and oxygen atoms in total. The van der Waals surface area contributed by atoms with Crippen molar-refractivity contribution in [3.8, 4) is 5.75 Å². The SMILES string of the molecule is CC(C)Oc1ccccc1S(=O)O. The molecule has 0 saturated heterocycles. The van der Waals surface area contributed by atoms with Gasteiger partial charge in [0.05, 0.1) is 6.10 Å². The molecular formula is C9H12O3S. The highest BCUT2D eigenvalue weighted by Gasteiger charge is 2.08. The molecule has 0 aliphatic carbocycles. The molecule has 0 heterocycles. The number of benzene rings is 1. The van der Waals surface area contributed by atoms with Crippen molar-refractivity contribution in [3.63, 3.8) is 0 Å². The lowest BCUT2D eigenvalue weighted by Gasteiger charge is -2.11. The van der Waals surface area contributed by atoms with Crippen molar-refractivity contribution in [1.82, 2.24) is 0 Å². The third-order valence-electron chi connectivity index (χ3n) is 1.40. The zero-order valence-corrected chi connectivity index (χ0v) is 8.38. The molecule has 1 N–H and O–H groups in total. The summed E-state index contributed by atoms with van der Waals surface area (Å²) in [5.74, 6) is 0.471. The van der Waals surface area contributed by atoms with Gasteiger partial charge in [-0.05, 0) is 26.0 Å². The van der Waals surface area contributed by atoms with Gasteiger partial charge in [-0.15, -0.1) is 0 Å². The summed E-state index contributed by atoms with van der Waals surface area (Å²) in [5.41, 5.74) is 0. The van der Waals surface area contributed by atoms with Crippen molar-refractivity contribution in [1.29, 1.82) is 0 Å². The maximum absolute atomic E-state index is 10.8. The summed E-state index contributed by atoms with van der Waals surface area (Å²) in [7, 11) is 0. The van der Waals surface area contributed by atoms with E-state index in [0.717, 1.165) is 0 Å². The van der Waals surface area contributed by atoms with E-state index in [1.54, 1.807) is 24.3 Å². The van der Waals surface area contributed by atoms with Crippen LogP contribution < -0.4 is 4.74 Å². The van der Waals surface area contributed by atoms with E-state index in [-0.39, 0.29) is 6.10 Å². The van der Waals surface area contributed by atoms with Crippen LogP contribution in [0.2, 0.25) is 0 Å². The van der Waals surface area contributed by atoms with Gasteiger partial charge in [0.25, 0.3) is 0 Å². The first-order chi connectivity index (χ1) is 6.11. The zero-order valence-electron chi connectivity index (χ0n) is 7.56. The molecule has 1 rings (SSSR count). The molecule has 72 valence electrons. The van der Waals surface area contributed by atoms with E-state index in [2.05, 4.69) is 0 Å². The van der Waals surface area contributed by atoms with E-state index in [0.29, 0.717) is 10.6 Å². The second kappa shape index (κ2) is 4.39. The van der Waals surface area contributed by atoms with Gasteiger partial charge in [0.2, 0.25) is 0 Å². The number of para-hydroxylation sites is 1. The fraction of sp³-hybridized carbons (Fsp3) is 0.333. The maximum atomic E-state index is 10.8. The van der Waals surface area contributed by atoms with Gasteiger partial charge in [0, 0.05) is 0 Å². The predicted molar refractivity (Wildman–Crippen MR) is 51.2 cm³/mol. The van der Waals surface area contributed by atoms with E-state index >= 15 is 0 Å². The summed E-state index contributed by atoms with van der Waals surface area (Å²) in [6.07, 6.45) is 0.00435. The van der Waals surface area contributed by atoms with Gasteiger partial charge >= 0.3 is 0 Å². The van der Waals surface area contributed by atoms with Gasteiger partial charge in [-0.1, -0.05) is 12.1 Å².